The van der Waals surface area contributed by atoms with Crippen LogP contribution >= 0.6 is 0 Å². The Hall–Kier alpha value is -1.89. The van der Waals surface area contributed by atoms with E-state index in [-0.39, 0.29) is 6.54 Å². The maximum atomic E-state index is 12.0. The Kier molecular flexibility index (Phi) is 3.33. The van der Waals surface area contributed by atoms with Crippen LogP contribution in [0.5, 0.6) is 5.75 Å². The fourth-order valence-corrected chi connectivity index (χ4v) is 3.57. The van der Waals surface area contributed by atoms with Gasteiger partial charge in [0.2, 0.25) is 0 Å². The molecule has 20 heavy (non-hydrogen) atoms. The fraction of sp³-hybridized carbons (Fsp3) is 0.385. The van der Waals surface area contributed by atoms with Gasteiger partial charge in [0.25, 0.3) is 15.9 Å². The minimum atomic E-state index is -3.65. The number of carbonyl (C=O) groups excluding carboxylic acids is 2. The molecule has 0 bridgehead atoms. The van der Waals surface area contributed by atoms with Gasteiger partial charge in [-0.05, 0) is 32.0 Å². The Labute approximate surface area is 117 Å². The van der Waals surface area contributed by atoms with E-state index in [2.05, 4.69) is 0 Å². The van der Waals surface area contributed by atoms with Crippen LogP contribution in [0.25, 0.3) is 0 Å². The van der Waals surface area contributed by atoms with Gasteiger partial charge in [-0.1, -0.05) is 0 Å². The average Bonchev–Trinajstić information content (AvgIpc) is 2.43. The van der Waals surface area contributed by atoms with Crippen LogP contribution in [-0.4, -0.2) is 36.8 Å². The van der Waals surface area contributed by atoms with Crippen molar-refractivity contribution in [2.45, 2.75) is 25.1 Å². The zero-order chi connectivity index (χ0) is 15.1. The quantitative estimate of drug-likeness (QED) is 0.773. The molecule has 7 heteroatoms. The van der Waals surface area contributed by atoms with Gasteiger partial charge >= 0.3 is 0 Å². The van der Waals surface area contributed by atoms with Crippen molar-refractivity contribution in [1.82, 2.24) is 4.31 Å². The molecule has 0 aromatic heterocycles. The number of hydrogen-bond acceptors (Lipinski definition) is 5. The highest BCUT2D eigenvalue weighted by molar-refractivity contribution is 7.94. The summed E-state index contributed by atoms with van der Waals surface area (Å²) in [4.78, 5) is 22.7. The summed E-state index contributed by atoms with van der Waals surface area (Å²) in [5.41, 5.74) is 0.870. The van der Waals surface area contributed by atoms with Crippen molar-refractivity contribution in [1.29, 1.82) is 0 Å². The Bertz CT molecular complexity index is 678. The summed E-state index contributed by atoms with van der Waals surface area (Å²) in [6.45, 7) is 2.62. The standard InChI is InChI=1S/C13H15NO5S/c1-13(2)12(16)14(20(13,17)18)7-10-6-9(8-15)4-5-11(10)19-3/h4-6,8H,7H2,1-3H3. The lowest BCUT2D eigenvalue weighted by atomic mass is 10.1. The number of methoxy groups -OCH3 is 1. The smallest absolute Gasteiger partial charge is 0.259 e. The predicted molar refractivity (Wildman–Crippen MR) is 71.9 cm³/mol. The number of benzene rings is 1. The summed E-state index contributed by atoms with van der Waals surface area (Å²) in [5, 5.41) is 0. The van der Waals surface area contributed by atoms with Gasteiger partial charge in [0.05, 0.1) is 13.7 Å². The normalized spacial score (nSPS) is 19.4. The number of sulfonamides is 1. The lowest BCUT2D eigenvalue weighted by Gasteiger charge is -2.43. The lowest BCUT2D eigenvalue weighted by Crippen LogP contribution is -2.66. The van der Waals surface area contributed by atoms with Gasteiger partial charge < -0.3 is 4.74 Å². The number of nitrogens with zero attached hydrogens (tertiary/aromatic N) is 1. The highest BCUT2D eigenvalue weighted by Gasteiger charge is 2.60. The average molecular weight is 297 g/mol. The fourth-order valence-electron chi connectivity index (χ4n) is 2.06. The molecule has 1 aromatic rings. The molecule has 0 unspecified atom stereocenters. The molecular weight excluding hydrogens is 282 g/mol. The number of rotatable bonds is 4. The van der Waals surface area contributed by atoms with Crippen molar-refractivity contribution >= 4 is 22.2 Å². The van der Waals surface area contributed by atoms with E-state index < -0.39 is 20.7 Å². The molecular formula is C13H15NO5S. The first-order chi connectivity index (χ1) is 9.25. The minimum Gasteiger partial charge on any atom is -0.496 e. The highest BCUT2D eigenvalue weighted by atomic mass is 32.2. The molecule has 1 aliphatic rings. The van der Waals surface area contributed by atoms with Gasteiger partial charge in [-0.3, -0.25) is 9.59 Å². The van der Waals surface area contributed by atoms with Crippen molar-refractivity contribution in [3.05, 3.63) is 29.3 Å². The zero-order valence-electron chi connectivity index (χ0n) is 11.4. The second-order valence-electron chi connectivity index (χ2n) is 5.02. The van der Waals surface area contributed by atoms with Crippen LogP contribution in [0.15, 0.2) is 18.2 Å². The number of aldehydes is 1. The molecule has 1 saturated heterocycles. The molecule has 0 spiro atoms. The van der Waals surface area contributed by atoms with Crippen molar-refractivity contribution in [3.8, 4) is 5.75 Å². The third-order valence-corrected chi connectivity index (χ3v) is 5.77. The van der Waals surface area contributed by atoms with E-state index in [4.69, 9.17) is 4.74 Å². The van der Waals surface area contributed by atoms with E-state index in [1.54, 1.807) is 12.1 Å². The van der Waals surface area contributed by atoms with E-state index in [0.717, 1.165) is 4.31 Å². The summed E-state index contributed by atoms with van der Waals surface area (Å²) in [6.07, 6.45) is 0.652. The lowest BCUT2D eigenvalue weighted by molar-refractivity contribution is -0.132. The number of carbonyl (C=O) groups is 2. The van der Waals surface area contributed by atoms with E-state index in [0.29, 0.717) is 23.2 Å². The van der Waals surface area contributed by atoms with Gasteiger partial charge in [-0.25, -0.2) is 12.7 Å². The molecule has 1 fully saturated rings. The molecule has 0 atom stereocenters. The van der Waals surface area contributed by atoms with Crippen molar-refractivity contribution in [3.63, 3.8) is 0 Å². The maximum Gasteiger partial charge on any atom is 0.259 e. The van der Waals surface area contributed by atoms with Crippen LogP contribution < -0.4 is 4.74 Å². The largest absolute Gasteiger partial charge is 0.496 e. The third kappa shape index (κ3) is 1.89. The second kappa shape index (κ2) is 4.59. The molecule has 1 aromatic carbocycles. The van der Waals surface area contributed by atoms with Crippen LogP contribution in [0.1, 0.15) is 29.8 Å². The predicted octanol–water partition coefficient (Wildman–Crippen LogP) is 0.958. The molecule has 0 aliphatic carbocycles. The van der Waals surface area contributed by atoms with Gasteiger partial charge in [0.15, 0.2) is 4.75 Å². The Morgan fingerprint density at radius 1 is 1.35 bits per heavy atom. The first kappa shape index (κ1) is 14.5. The molecule has 0 saturated carbocycles. The Balaban J connectivity index is 2.36. The SMILES string of the molecule is COc1ccc(C=O)cc1CN1C(=O)C(C)(C)S1(=O)=O. The Morgan fingerprint density at radius 3 is 2.50 bits per heavy atom. The molecule has 1 aliphatic heterocycles. The summed E-state index contributed by atoms with van der Waals surface area (Å²) < 4.78 is 28.6. The van der Waals surface area contributed by atoms with Crippen LogP contribution in [0.4, 0.5) is 0 Å². The summed E-state index contributed by atoms with van der Waals surface area (Å²) >= 11 is 0. The second-order valence-corrected chi connectivity index (χ2v) is 7.43. The molecule has 0 radical (unpaired) electrons. The first-order valence-corrected chi connectivity index (χ1v) is 7.38. The monoisotopic (exact) mass is 297 g/mol. The minimum absolute atomic E-state index is 0.130. The van der Waals surface area contributed by atoms with Crippen LogP contribution in [-0.2, 0) is 21.4 Å². The molecule has 1 amide bonds. The van der Waals surface area contributed by atoms with Gasteiger partial charge in [-0.2, -0.15) is 0 Å². The molecule has 2 rings (SSSR count). The number of ether oxygens (including phenoxy) is 1. The van der Waals surface area contributed by atoms with Crippen molar-refractivity contribution < 1.29 is 22.7 Å². The molecule has 0 N–H and O–H groups in total. The maximum absolute atomic E-state index is 12.0. The molecule has 6 nitrogen and oxygen atoms in total. The topological polar surface area (TPSA) is 80.8 Å². The van der Waals surface area contributed by atoms with E-state index >= 15 is 0 Å². The van der Waals surface area contributed by atoms with Crippen LogP contribution in [0, 0.1) is 0 Å². The van der Waals surface area contributed by atoms with Crippen LogP contribution in [0.3, 0.4) is 0 Å². The zero-order valence-corrected chi connectivity index (χ0v) is 12.2. The van der Waals surface area contributed by atoms with Gasteiger partial charge in [0.1, 0.15) is 12.0 Å². The van der Waals surface area contributed by atoms with E-state index in [1.807, 2.05) is 0 Å². The summed E-state index contributed by atoms with van der Waals surface area (Å²) in [5.74, 6) is -0.0284. The molecule has 1 heterocycles. The third-order valence-electron chi connectivity index (χ3n) is 3.43. The summed E-state index contributed by atoms with van der Waals surface area (Å²) in [6, 6.07) is 4.65. The van der Waals surface area contributed by atoms with E-state index in [1.165, 1.54) is 27.0 Å². The highest BCUT2D eigenvalue weighted by Crippen LogP contribution is 2.37. The number of hydrogen-bond donors (Lipinski definition) is 0. The van der Waals surface area contributed by atoms with Crippen molar-refractivity contribution in [2.75, 3.05) is 7.11 Å². The van der Waals surface area contributed by atoms with Crippen molar-refractivity contribution in [2.24, 2.45) is 0 Å². The summed E-state index contributed by atoms with van der Waals surface area (Å²) in [7, 11) is -2.21. The number of amides is 1. The van der Waals surface area contributed by atoms with E-state index in [9.17, 15) is 18.0 Å². The Morgan fingerprint density at radius 2 is 2.00 bits per heavy atom. The first-order valence-electron chi connectivity index (χ1n) is 5.94. The van der Waals surface area contributed by atoms with Crippen LogP contribution in [0.2, 0.25) is 0 Å². The van der Waals surface area contributed by atoms with Gasteiger partial charge in [0, 0.05) is 11.1 Å². The molecule has 108 valence electrons. The van der Waals surface area contributed by atoms with Gasteiger partial charge in [-0.15, -0.1) is 0 Å².